The summed E-state index contributed by atoms with van der Waals surface area (Å²) in [4.78, 5) is 23.3. The molecule has 1 aromatic heterocycles. The minimum Gasteiger partial charge on any atom is -0.355 e. The minimum absolute atomic E-state index is 0.129. The highest BCUT2D eigenvalue weighted by Crippen LogP contribution is 2.11. The minimum atomic E-state index is -0.204. The topological polar surface area (TPSA) is 51.1 Å². The van der Waals surface area contributed by atoms with Gasteiger partial charge in [-0.15, -0.1) is 0 Å². The van der Waals surface area contributed by atoms with Gasteiger partial charge in [0.15, 0.2) is 0 Å². The van der Waals surface area contributed by atoms with Crippen molar-refractivity contribution in [3.63, 3.8) is 0 Å². The van der Waals surface area contributed by atoms with Gasteiger partial charge in [-0.05, 0) is 23.8 Å². The van der Waals surface area contributed by atoms with Crippen molar-refractivity contribution in [2.75, 3.05) is 7.05 Å². The Morgan fingerprint density at radius 2 is 1.89 bits per heavy atom. The van der Waals surface area contributed by atoms with Gasteiger partial charge in [-0.3, -0.25) is 9.59 Å². The molecule has 1 aromatic carbocycles. The van der Waals surface area contributed by atoms with E-state index in [9.17, 15) is 9.59 Å². The van der Waals surface area contributed by atoms with Gasteiger partial charge in [0.1, 0.15) is 0 Å². The number of hydrogen-bond acceptors (Lipinski definition) is 2. The number of nitrogens with zero attached hydrogens (tertiary/aromatic N) is 1. The van der Waals surface area contributed by atoms with Crippen LogP contribution < -0.4 is 10.9 Å². The van der Waals surface area contributed by atoms with Gasteiger partial charge in [0, 0.05) is 23.8 Å². The second kappa shape index (κ2) is 5.84. The predicted octanol–water partition coefficient (Wildman–Crippen LogP) is 2.02. The lowest BCUT2D eigenvalue weighted by atomic mass is 10.2. The van der Waals surface area contributed by atoms with Crippen molar-refractivity contribution in [1.29, 1.82) is 0 Å². The molecule has 0 aliphatic heterocycles. The van der Waals surface area contributed by atoms with Crippen LogP contribution in [0, 0.1) is 0 Å². The molecule has 0 saturated heterocycles. The van der Waals surface area contributed by atoms with Crippen LogP contribution in [0.5, 0.6) is 0 Å². The van der Waals surface area contributed by atoms with Crippen LogP contribution in [0.1, 0.15) is 15.9 Å². The summed E-state index contributed by atoms with van der Waals surface area (Å²) < 4.78 is 2.51. The molecule has 0 atom stereocenters. The lowest BCUT2D eigenvalue weighted by molar-refractivity contribution is 0.0962. The van der Waals surface area contributed by atoms with Crippen molar-refractivity contribution in [2.24, 2.45) is 0 Å². The maximum Gasteiger partial charge on any atom is 0.252 e. The third-order valence-electron chi connectivity index (χ3n) is 2.74. The molecule has 98 valence electrons. The lowest BCUT2D eigenvalue weighted by Crippen LogP contribution is -2.24. The number of amides is 1. The fraction of sp³-hybridized carbons (Fsp3) is 0.143. The largest absolute Gasteiger partial charge is 0.355 e. The number of carbonyl (C=O) groups is 1. The molecule has 0 radical (unpaired) electrons. The molecule has 2 rings (SSSR count). The van der Waals surface area contributed by atoms with Crippen LogP contribution in [-0.2, 0) is 6.54 Å². The molecular weight excluding hydrogens is 308 g/mol. The van der Waals surface area contributed by atoms with Gasteiger partial charge in [0.05, 0.1) is 12.1 Å². The Hall–Kier alpha value is -1.88. The van der Waals surface area contributed by atoms with Gasteiger partial charge in [-0.2, -0.15) is 0 Å². The van der Waals surface area contributed by atoms with Gasteiger partial charge in [0.2, 0.25) is 0 Å². The molecular formula is C14H13BrN2O2. The Bertz CT molecular complexity index is 647. The third kappa shape index (κ3) is 3.32. The molecule has 0 bridgehead atoms. The van der Waals surface area contributed by atoms with Crippen molar-refractivity contribution >= 4 is 21.8 Å². The van der Waals surface area contributed by atoms with Crippen molar-refractivity contribution < 1.29 is 4.79 Å². The zero-order valence-electron chi connectivity index (χ0n) is 10.4. The SMILES string of the molecule is CNC(=O)c1ccc(=O)n(Cc2ccc(Br)cc2)c1. The van der Waals surface area contributed by atoms with Crippen LogP contribution in [0.3, 0.4) is 0 Å². The Morgan fingerprint density at radius 3 is 2.53 bits per heavy atom. The maximum absolute atomic E-state index is 11.8. The summed E-state index contributed by atoms with van der Waals surface area (Å²) in [5.41, 5.74) is 1.34. The summed E-state index contributed by atoms with van der Waals surface area (Å²) in [5.74, 6) is -0.204. The highest BCUT2D eigenvalue weighted by molar-refractivity contribution is 9.10. The zero-order valence-corrected chi connectivity index (χ0v) is 12.0. The smallest absolute Gasteiger partial charge is 0.252 e. The van der Waals surface area contributed by atoms with Crippen LogP contribution in [0.15, 0.2) is 51.9 Å². The predicted molar refractivity (Wildman–Crippen MR) is 77.3 cm³/mol. The number of pyridine rings is 1. The number of rotatable bonds is 3. The van der Waals surface area contributed by atoms with Crippen molar-refractivity contribution in [3.05, 3.63) is 68.5 Å². The second-order valence-corrected chi connectivity index (χ2v) is 5.01. The van der Waals surface area contributed by atoms with E-state index < -0.39 is 0 Å². The normalized spacial score (nSPS) is 10.2. The first-order valence-electron chi connectivity index (χ1n) is 5.77. The van der Waals surface area contributed by atoms with Crippen molar-refractivity contribution in [1.82, 2.24) is 9.88 Å². The van der Waals surface area contributed by atoms with E-state index >= 15 is 0 Å². The fourth-order valence-corrected chi connectivity index (χ4v) is 1.98. The summed E-state index contributed by atoms with van der Waals surface area (Å²) >= 11 is 3.36. The molecule has 0 aliphatic rings. The highest BCUT2D eigenvalue weighted by Gasteiger charge is 2.05. The third-order valence-corrected chi connectivity index (χ3v) is 3.27. The van der Waals surface area contributed by atoms with Gasteiger partial charge in [-0.25, -0.2) is 0 Å². The van der Waals surface area contributed by atoms with Gasteiger partial charge >= 0.3 is 0 Å². The first-order valence-corrected chi connectivity index (χ1v) is 6.56. The second-order valence-electron chi connectivity index (χ2n) is 4.09. The molecule has 5 heteroatoms. The van der Waals surface area contributed by atoms with Crippen molar-refractivity contribution in [2.45, 2.75) is 6.54 Å². The average molecular weight is 321 g/mol. The van der Waals surface area contributed by atoms with Crippen LogP contribution in [0.4, 0.5) is 0 Å². The average Bonchev–Trinajstić information content (AvgIpc) is 2.43. The standard InChI is InChI=1S/C14H13BrN2O2/c1-16-14(19)11-4-7-13(18)17(9-11)8-10-2-5-12(15)6-3-10/h2-7,9H,8H2,1H3,(H,16,19). The molecule has 2 aromatic rings. The summed E-state index contributed by atoms with van der Waals surface area (Å²) in [6, 6.07) is 10.6. The Labute approximate surface area is 119 Å². The summed E-state index contributed by atoms with van der Waals surface area (Å²) in [7, 11) is 1.56. The number of halogens is 1. The Morgan fingerprint density at radius 1 is 1.21 bits per heavy atom. The van der Waals surface area contributed by atoms with E-state index in [0.717, 1.165) is 10.0 Å². The summed E-state index contributed by atoms with van der Waals surface area (Å²) in [6.45, 7) is 0.441. The molecule has 1 N–H and O–H groups in total. The Kier molecular flexibility index (Phi) is 4.16. The monoisotopic (exact) mass is 320 g/mol. The number of aromatic nitrogens is 1. The zero-order chi connectivity index (χ0) is 13.8. The summed E-state index contributed by atoms with van der Waals surface area (Å²) in [6.07, 6.45) is 1.57. The first-order chi connectivity index (χ1) is 9.10. The van der Waals surface area contributed by atoms with E-state index in [4.69, 9.17) is 0 Å². The molecule has 19 heavy (non-hydrogen) atoms. The van der Waals surface area contributed by atoms with Gasteiger partial charge < -0.3 is 9.88 Å². The number of nitrogens with one attached hydrogen (secondary N) is 1. The molecule has 1 amide bonds. The summed E-state index contributed by atoms with van der Waals surface area (Å²) in [5, 5.41) is 2.54. The van der Waals surface area contributed by atoms with Crippen LogP contribution in [0.25, 0.3) is 0 Å². The molecule has 4 nitrogen and oxygen atoms in total. The van der Waals surface area contributed by atoms with E-state index in [1.54, 1.807) is 13.2 Å². The highest BCUT2D eigenvalue weighted by atomic mass is 79.9. The molecule has 0 saturated carbocycles. The van der Waals surface area contributed by atoms with Crippen LogP contribution >= 0.6 is 15.9 Å². The van der Waals surface area contributed by atoms with E-state index in [0.29, 0.717) is 12.1 Å². The van der Waals surface area contributed by atoms with Crippen molar-refractivity contribution in [3.8, 4) is 0 Å². The number of benzene rings is 1. The van der Waals surface area contributed by atoms with Gasteiger partial charge in [-0.1, -0.05) is 28.1 Å². The van der Waals surface area contributed by atoms with Crippen LogP contribution in [-0.4, -0.2) is 17.5 Å². The number of hydrogen-bond donors (Lipinski definition) is 1. The quantitative estimate of drug-likeness (QED) is 0.940. The molecule has 0 unspecified atom stereocenters. The van der Waals surface area contributed by atoms with E-state index in [1.165, 1.54) is 16.7 Å². The fourth-order valence-electron chi connectivity index (χ4n) is 1.72. The lowest BCUT2D eigenvalue weighted by Gasteiger charge is -2.08. The number of carbonyl (C=O) groups excluding carboxylic acids is 1. The van der Waals surface area contributed by atoms with E-state index in [1.807, 2.05) is 24.3 Å². The maximum atomic E-state index is 11.8. The first kappa shape index (κ1) is 13.5. The van der Waals surface area contributed by atoms with E-state index in [2.05, 4.69) is 21.2 Å². The molecule has 0 fully saturated rings. The van der Waals surface area contributed by atoms with Crippen LogP contribution in [0.2, 0.25) is 0 Å². The van der Waals surface area contributed by atoms with Gasteiger partial charge in [0.25, 0.3) is 11.5 Å². The van der Waals surface area contributed by atoms with E-state index in [-0.39, 0.29) is 11.5 Å². The molecule has 0 aliphatic carbocycles. The molecule has 0 spiro atoms. The Balaban J connectivity index is 2.31. The molecule has 1 heterocycles.